The molecule has 3 aliphatic rings. The molecule has 1 saturated carbocycles. The average molecular weight is 192 g/mol. The summed E-state index contributed by atoms with van der Waals surface area (Å²) in [6, 6.07) is 0. The second-order valence-electron chi connectivity index (χ2n) is 4.15. The van der Waals surface area contributed by atoms with Gasteiger partial charge in [0.05, 0.1) is 0 Å². The topological polar surface area (TPSA) is 26.3 Å². The van der Waals surface area contributed by atoms with Crippen LogP contribution in [-0.2, 0) is 9.53 Å². The molecule has 2 heteroatoms. The summed E-state index contributed by atoms with van der Waals surface area (Å²) in [5.41, 5.74) is -0.609. The van der Waals surface area contributed by atoms with Crippen molar-refractivity contribution in [1.29, 1.82) is 0 Å². The van der Waals surface area contributed by atoms with Crippen LogP contribution in [0.1, 0.15) is 19.3 Å². The predicted octanol–water partition coefficient (Wildman–Crippen LogP) is 2.11. The summed E-state index contributed by atoms with van der Waals surface area (Å²) in [4.78, 5) is 12.1. The SMILES string of the molecule is C=CC[C@H]1C(=O)[C@@]2(OC)C=C[C@@H]1CC2. The van der Waals surface area contributed by atoms with Crippen molar-refractivity contribution in [2.24, 2.45) is 11.8 Å². The Labute approximate surface area is 84.6 Å². The van der Waals surface area contributed by atoms with Crippen LogP contribution >= 0.6 is 0 Å². The molecule has 0 N–H and O–H groups in total. The lowest BCUT2D eigenvalue weighted by Crippen LogP contribution is -2.51. The van der Waals surface area contributed by atoms with E-state index in [-0.39, 0.29) is 11.7 Å². The zero-order valence-electron chi connectivity index (χ0n) is 8.53. The molecular weight excluding hydrogens is 176 g/mol. The van der Waals surface area contributed by atoms with E-state index < -0.39 is 5.60 Å². The Hall–Kier alpha value is -0.890. The summed E-state index contributed by atoms with van der Waals surface area (Å²) >= 11 is 0. The van der Waals surface area contributed by atoms with Gasteiger partial charge in [-0.2, -0.15) is 0 Å². The van der Waals surface area contributed by atoms with Gasteiger partial charge in [-0.05, 0) is 31.3 Å². The molecule has 1 fully saturated rings. The summed E-state index contributed by atoms with van der Waals surface area (Å²) in [7, 11) is 1.62. The lowest BCUT2D eigenvalue weighted by molar-refractivity contribution is -0.148. The number of hydrogen-bond donors (Lipinski definition) is 0. The van der Waals surface area contributed by atoms with Crippen LogP contribution in [0.15, 0.2) is 24.8 Å². The summed E-state index contributed by atoms with van der Waals surface area (Å²) in [5.74, 6) is 0.766. The third kappa shape index (κ3) is 1.17. The normalized spacial score (nSPS) is 40.2. The van der Waals surface area contributed by atoms with Crippen LogP contribution in [0.3, 0.4) is 0 Å². The number of ether oxygens (including phenoxy) is 1. The Morgan fingerprint density at radius 3 is 3.07 bits per heavy atom. The number of allylic oxidation sites excluding steroid dienone is 2. The summed E-state index contributed by atoms with van der Waals surface area (Å²) in [5, 5.41) is 0. The molecule has 0 radical (unpaired) electrons. The third-order valence-corrected chi connectivity index (χ3v) is 3.52. The molecule has 0 aliphatic heterocycles. The summed E-state index contributed by atoms with van der Waals surface area (Å²) < 4.78 is 5.38. The second kappa shape index (κ2) is 3.35. The standard InChI is InChI=1S/C12H16O2/c1-3-4-10-9-5-7-12(14-2,8-6-9)11(10)13/h3,5,7,9-10H,1,4,6,8H2,2H3/t9-,10-,12-/m1/s1. The predicted molar refractivity (Wildman–Crippen MR) is 54.9 cm³/mol. The molecule has 2 bridgehead atoms. The van der Waals surface area contributed by atoms with Crippen molar-refractivity contribution in [3.05, 3.63) is 24.8 Å². The largest absolute Gasteiger partial charge is 0.366 e. The molecule has 76 valence electrons. The van der Waals surface area contributed by atoms with E-state index in [0.29, 0.717) is 5.92 Å². The van der Waals surface area contributed by atoms with E-state index >= 15 is 0 Å². The van der Waals surface area contributed by atoms with Gasteiger partial charge >= 0.3 is 0 Å². The van der Waals surface area contributed by atoms with E-state index in [0.717, 1.165) is 19.3 Å². The molecule has 0 aromatic carbocycles. The van der Waals surface area contributed by atoms with Crippen LogP contribution in [0.5, 0.6) is 0 Å². The lowest BCUT2D eigenvalue weighted by Gasteiger charge is -2.43. The van der Waals surface area contributed by atoms with Gasteiger partial charge < -0.3 is 4.74 Å². The Morgan fingerprint density at radius 2 is 2.57 bits per heavy atom. The molecule has 3 aliphatic carbocycles. The fraction of sp³-hybridized carbons (Fsp3) is 0.583. The van der Waals surface area contributed by atoms with E-state index in [2.05, 4.69) is 12.7 Å². The first-order valence-corrected chi connectivity index (χ1v) is 5.13. The fourth-order valence-corrected chi connectivity index (χ4v) is 2.62. The zero-order chi connectivity index (χ0) is 10.2. The van der Waals surface area contributed by atoms with Gasteiger partial charge in [-0.1, -0.05) is 12.2 Å². The van der Waals surface area contributed by atoms with Gasteiger partial charge in [0, 0.05) is 13.0 Å². The number of rotatable bonds is 3. The number of fused-ring (bicyclic) bond motifs is 2. The minimum Gasteiger partial charge on any atom is -0.366 e. The number of carbonyl (C=O) groups excluding carboxylic acids is 1. The van der Waals surface area contributed by atoms with E-state index in [1.807, 2.05) is 12.2 Å². The van der Waals surface area contributed by atoms with Crippen molar-refractivity contribution in [2.75, 3.05) is 7.11 Å². The highest BCUT2D eigenvalue weighted by molar-refractivity contribution is 5.94. The molecule has 0 spiro atoms. The molecule has 0 aromatic heterocycles. The van der Waals surface area contributed by atoms with E-state index in [1.54, 1.807) is 7.11 Å². The van der Waals surface area contributed by atoms with Gasteiger partial charge in [0.1, 0.15) is 5.60 Å². The van der Waals surface area contributed by atoms with Gasteiger partial charge in [0.15, 0.2) is 5.78 Å². The number of ketones is 1. The van der Waals surface area contributed by atoms with Crippen LogP contribution in [-0.4, -0.2) is 18.5 Å². The van der Waals surface area contributed by atoms with Gasteiger partial charge in [-0.25, -0.2) is 0 Å². The van der Waals surface area contributed by atoms with Crippen LogP contribution in [0, 0.1) is 11.8 Å². The molecule has 0 saturated heterocycles. The fourth-order valence-electron chi connectivity index (χ4n) is 2.62. The number of carbonyl (C=O) groups is 1. The minimum atomic E-state index is -0.609. The maximum Gasteiger partial charge on any atom is 0.172 e. The van der Waals surface area contributed by atoms with Crippen molar-refractivity contribution in [1.82, 2.24) is 0 Å². The Kier molecular flexibility index (Phi) is 2.31. The van der Waals surface area contributed by atoms with Gasteiger partial charge in [-0.3, -0.25) is 4.79 Å². The Morgan fingerprint density at radius 1 is 1.79 bits per heavy atom. The van der Waals surface area contributed by atoms with Crippen LogP contribution in [0.4, 0.5) is 0 Å². The summed E-state index contributed by atoms with van der Waals surface area (Å²) in [6.07, 6.45) is 8.61. The molecular formula is C12H16O2. The third-order valence-electron chi connectivity index (χ3n) is 3.52. The number of methoxy groups -OCH3 is 1. The molecule has 0 heterocycles. The van der Waals surface area contributed by atoms with Crippen molar-refractivity contribution in [3.63, 3.8) is 0 Å². The van der Waals surface area contributed by atoms with Crippen molar-refractivity contribution in [2.45, 2.75) is 24.9 Å². The van der Waals surface area contributed by atoms with Crippen molar-refractivity contribution in [3.8, 4) is 0 Å². The molecule has 2 nitrogen and oxygen atoms in total. The molecule has 14 heavy (non-hydrogen) atoms. The van der Waals surface area contributed by atoms with E-state index in [1.165, 1.54) is 0 Å². The average Bonchev–Trinajstić information content (AvgIpc) is 2.24. The highest BCUT2D eigenvalue weighted by Crippen LogP contribution is 2.43. The van der Waals surface area contributed by atoms with E-state index in [9.17, 15) is 4.79 Å². The van der Waals surface area contributed by atoms with E-state index in [4.69, 9.17) is 4.74 Å². The Bertz CT molecular complexity index is 293. The molecule has 3 rings (SSSR count). The molecule has 0 amide bonds. The monoisotopic (exact) mass is 192 g/mol. The van der Waals surface area contributed by atoms with Gasteiger partial charge in [0.25, 0.3) is 0 Å². The summed E-state index contributed by atoms with van der Waals surface area (Å²) in [6.45, 7) is 3.70. The molecule has 0 unspecified atom stereocenters. The number of hydrogen-bond acceptors (Lipinski definition) is 2. The lowest BCUT2D eigenvalue weighted by atomic mass is 9.64. The maximum absolute atomic E-state index is 12.1. The van der Waals surface area contributed by atoms with Crippen molar-refractivity contribution < 1.29 is 9.53 Å². The highest BCUT2D eigenvalue weighted by Gasteiger charge is 2.49. The van der Waals surface area contributed by atoms with Gasteiger partial charge in [0.2, 0.25) is 0 Å². The molecule has 0 aromatic rings. The smallest absolute Gasteiger partial charge is 0.172 e. The number of Topliss-reactive ketones (excluding diaryl/α,β-unsaturated/α-hetero) is 1. The van der Waals surface area contributed by atoms with Crippen LogP contribution in [0.25, 0.3) is 0 Å². The Balaban J connectivity index is 2.31. The molecule has 3 atom stereocenters. The second-order valence-corrected chi connectivity index (χ2v) is 4.15. The highest BCUT2D eigenvalue weighted by atomic mass is 16.5. The minimum absolute atomic E-state index is 0.103. The van der Waals surface area contributed by atoms with Crippen LogP contribution < -0.4 is 0 Å². The first-order valence-electron chi connectivity index (χ1n) is 5.13. The maximum atomic E-state index is 12.1. The van der Waals surface area contributed by atoms with Crippen molar-refractivity contribution >= 4 is 5.78 Å². The first kappa shape index (κ1) is 9.66. The quantitative estimate of drug-likeness (QED) is 0.640. The first-order chi connectivity index (χ1) is 6.73. The van der Waals surface area contributed by atoms with Gasteiger partial charge in [-0.15, -0.1) is 6.58 Å². The zero-order valence-corrected chi connectivity index (χ0v) is 8.53. The van der Waals surface area contributed by atoms with Crippen LogP contribution in [0.2, 0.25) is 0 Å².